The highest BCUT2D eigenvalue weighted by molar-refractivity contribution is 5.66. The number of hydrogen-bond donors (Lipinski definition) is 2. The van der Waals surface area contributed by atoms with Gasteiger partial charge in [0.05, 0.1) is 0 Å². The van der Waals surface area contributed by atoms with Crippen molar-refractivity contribution in [3.05, 3.63) is 22.9 Å². The lowest BCUT2D eigenvalue weighted by molar-refractivity contribution is -0.108. The molecule has 0 radical (unpaired) electrons. The molecule has 1 heterocycles. The van der Waals surface area contributed by atoms with Crippen LogP contribution in [0.1, 0.15) is 13.8 Å². The molecule has 1 rings (SSSR count). The van der Waals surface area contributed by atoms with Crippen LogP contribution in [0.2, 0.25) is 0 Å². The minimum absolute atomic E-state index is 0.222. The first kappa shape index (κ1) is 9.00. The van der Waals surface area contributed by atoms with Crippen molar-refractivity contribution in [3.63, 3.8) is 0 Å². The summed E-state index contributed by atoms with van der Waals surface area (Å²) in [6, 6.07) is -0.222. The van der Waals surface area contributed by atoms with E-state index < -0.39 is 0 Å². The maximum Gasteiger partial charge on any atom is 0.146 e. The van der Waals surface area contributed by atoms with E-state index in [1.807, 2.05) is 19.9 Å². The van der Waals surface area contributed by atoms with Crippen molar-refractivity contribution in [2.24, 2.45) is 5.73 Å². The number of rotatable bonds is 2. The zero-order valence-corrected chi connectivity index (χ0v) is 7.42. The second-order valence-electron chi connectivity index (χ2n) is 3.00. The highest BCUT2D eigenvalue weighted by Gasteiger charge is 2.17. The van der Waals surface area contributed by atoms with Gasteiger partial charge in [0.1, 0.15) is 12.3 Å². The van der Waals surface area contributed by atoms with Crippen molar-refractivity contribution >= 4 is 6.29 Å². The molecule has 12 heavy (non-hydrogen) atoms. The average Bonchev–Trinajstić information content (AvgIpc) is 2.03. The van der Waals surface area contributed by atoms with E-state index in [9.17, 15) is 4.79 Å². The summed E-state index contributed by atoms with van der Waals surface area (Å²) in [6.45, 7) is 4.35. The van der Waals surface area contributed by atoms with Crippen LogP contribution in [0.3, 0.4) is 0 Å². The van der Waals surface area contributed by atoms with Crippen LogP contribution in [0.5, 0.6) is 0 Å². The molecule has 1 aliphatic rings. The second kappa shape index (κ2) is 3.54. The molecule has 1 unspecified atom stereocenters. The van der Waals surface area contributed by atoms with Crippen molar-refractivity contribution in [3.8, 4) is 0 Å². The van der Waals surface area contributed by atoms with E-state index in [0.717, 1.165) is 23.1 Å². The van der Waals surface area contributed by atoms with Gasteiger partial charge in [-0.25, -0.2) is 0 Å². The van der Waals surface area contributed by atoms with Crippen LogP contribution in [0.15, 0.2) is 22.9 Å². The van der Waals surface area contributed by atoms with Crippen molar-refractivity contribution in [2.45, 2.75) is 19.9 Å². The minimum Gasteiger partial charge on any atom is -0.376 e. The minimum atomic E-state index is -0.222. The van der Waals surface area contributed by atoms with Gasteiger partial charge in [-0.05, 0) is 31.1 Å². The molecule has 0 aromatic heterocycles. The van der Waals surface area contributed by atoms with E-state index in [1.54, 1.807) is 0 Å². The summed E-state index contributed by atoms with van der Waals surface area (Å²) in [5, 5.41) is 3.05. The molecule has 0 bridgehead atoms. The molecule has 1 aliphatic heterocycles. The van der Waals surface area contributed by atoms with E-state index >= 15 is 0 Å². The standard InChI is InChI=1S/C9H14N2O/c1-6-3-7(2)11-9(5-12)8(6)4-10/h3,5,9,11H,4,10H2,1-2H3. The summed E-state index contributed by atoms with van der Waals surface area (Å²) in [7, 11) is 0. The van der Waals surface area contributed by atoms with E-state index in [2.05, 4.69) is 5.32 Å². The third-order valence-corrected chi connectivity index (χ3v) is 2.05. The number of allylic oxidation sites excluding steroid dienone is 3. The third-order valence-electron chi connectivity index (χ3n) is 2.05. The smallest absolute Gasteiger partial charge is 0.146 e. The van der Waals surface area contributed by atoms with Crippen molar-refractivity contribution in [1.82, 2.24) is 5.32 Å². The van der Waals surface area contributed by atoms with Crippen molar-refractivity contribution < 1.29 is 4.79 Å². The van der Waals surface area contributed by atoms with Gasteiger partial charge in [0.2, 0.25) is 0 Å². The van der Waals surface area contributed by atoms with E-state index in [0.29, 0.717) is 6.54 Å². The predicted octanol–water partition coefficient (Wildman–Crippen LogP) is 0.336. The number of aldehydes is 1. The lowest BCUT2D eigenvalue weighted by atomic mass is 9.98. The second-order valence-corrected chi connectivity index (χ2v) is 3.00. The van der Waals surface area contributed by atoms with Crippen LogP contribution in [0.4, 0.5) is 0 Å². The molecule has 0 aromatic rings. The van der Waals surface area contributed by atoms with Crippen LogP contribution >= 0.6 is 0 Å². The molecular weight excluding hydrogens is 152 g/mol. The molecule has 1 atom stereocenters. The van der Waals surface area contributed by atoms with Crippen LogP contribution in [0, 0.1) is 0 Å². The van der Waals surface area contributed by atoms with Gasteiger partial charge in [-0.15, -0.1) is 0 Å². The van der Waals surface area contributed by atoms with E-state index in [1.165, 1.54) is 0 Å². The molecular formula is C9H14N2O. The van der Waals surface area contributed by atoms with Gasteiger partial charge in [-0.3, -0.25) is 0 Å². The number of dihydropyridines is 1. The van der Waals surface area contributed by atoms with Gasteiger partial charge in [0.25, 0.3) is 0 Å². The topological polar surface area (TPSA) is 55.1 Å². The van der Waals surface area contributed by atoms with Gasteiger partial charge >= 0.3 is 0 Å². The summed E-state index contributed by atoms with van der Waals surface area (Å²) in [5.74, 6) is 0. The molecule has 0 aromatic carbocycles. The lowest BCUT2D eigenvalue weighted by Gasteiger charge is -2.23. The summed E-state index contributed by atoms with van der Waals surface area (Å²) < 4.78 is 0. The zero-order valence-electron chi connectivity index (χ0n) is 7.42. The average molecular weight is 166 g/mol. The SMILES string of the molecule is CC1=CC(C)=C(CN)C(C=O)N1. The normalized spacial score (nSPS) is 23.2. The molecule has 0 saturated carbocycles. The molecule has 3 N–H and O–H groups in total. The molecule has 3 nitrogen and oxygen atoms in total. The number of carbonyl (C=O) groups excluding carboxylic acids is 1. The molecule has 0 amide bonds. The number of carbonyl (C=O) groups is 1. The molecule has 0 fully saturated rings. The van der Waals surface area contributed by atoms with Crippen LogP contribution < -0.4 is 11.1 Å². The summed E-state index contributed by atoms with van der Waals surface area (Å²) in [4.78, 5) is 10.6. The Morgan fingerprint density at radius 1 is 1.67 bits per heavy atom. The maximum atomic E-state index is 10.6. The maximum absolute atomic E-state index is 10.6. The fourth-order valence-electron chi connectivity index (χ4n) is 1.44. The van der Waals surface area contributed by atoms with Crippen molar-refractivity contribution in [2.75, 3.05) is 6.54 Å². The Morgan fingerprint density at radius 2 is 2.33 bits per heavy atom. The first-order valence-electron chi connectivity index (χ1n) is 3.99. The summed E-state index contributed by atoms with van der Waals surface area (Å²) >= 11 is 0. The molecule has 66 valence electrons. The van der Waals surface area contributed by atoms with Crippen LogP contribution in [-0.2, 0) is 4.79 Å². The fourth-order valence-corrected chi connectivity index (χ4v) is 1.44. The van der Waals surface area contributed by atoms with Crippen molar-refractivity contribution in [1.29, 1.82) is 0 Å². The summed E-state index contributed by atoms with van der Waals surface area (Å²) in [5.41, 5.74) is 8.62. The largest absolute Gasteiger partial charge is 0.376 e. The molecule has 3 heteroatoms. The first-order chi connectivity index (χ1) is 5.69. The Kier molecular flexibility index (Phi) is 2.65. The number of nitrogens with two attached hydrogens (primary N) is 1. The third kappa shape index (κ3) is 1.56. The highest BCUT2D eigenvalue weighted by atomic mass is 16.1. The highest BCUT2D eigenvalue weighted by Crippen LogP contribution is 2.15. The van der Waals surface area contributed by atoms with Crippen LogP contribution in [0.25, 0.3) is 0 Å². The Morgan fingerprint density at radius 3 is 2.83 bits per heavy atom. The van der Waals surface area contributed by atoms with Crippen LogP contribution in [-0.4, -0.2) is 18.9 Å². The number of hydrogen-bond acceptors (Lipinski definition) is 3. The molecule has 0 spiro atoms. The lowest BCUT2D eigenvalue weighted by Crippen LogP contribution is -2.36. The van der Waals surface area contributed by atoms with Gasteiger partial charge in [0, 0.05) is 12.2 Å². The Balaban J connectivity index is 2.98. The van der Waals surface area contributed by atoms with Gasteiger partial charge in [-0.1, -0.05) is 0 Å². The zero-order chi connectivity index (χ0) is 9.14. The monoisotopic (exact) mass is 166 g/mol. The fraction of sp³-hybridized carbons (Fsp3) is 0.444. The van der Waals surface area contributed by atoms with E-state index in [-0.39, 0.29) is 6.04 Å². The quantitative estimate of drug-likeness (QED) is 0.581. The van der Waals surface area contributed by atoms with E-state index in [4.69, 9.17) is 5.73 Å². The predicted molar refractivity (Wildman–Crippen MR) is 48.5 cm³/mol. The Hall–Kier alpha value is -1.09. The van der Waals surface area contributed by atoms with Gasteiger partial charge in [0.15, 0.2) is 0 Å². The van der Waals surface area contributed by atoms with Gasteiger partial charge in [-0.2, -0.15) is 0 Å². The Labute approximate surface area is 72.3 Å². The number of nitrogens with one attached hydrogen (secondary N) is 1. The molecule has 0 saturated heterocycles. The Bertz CT molecular complexity index is 253. The van der Waals surface area contributed by atoms with Gasteiger partial charge < -0.3 is 15.8 Å². The first-order valence-corrected chi connectivity index (χ1v) is 3.99. The molecule has 0 aliphatic carbocycles. The summed E-state index contributed by atoms with van der Waals surface area (Å²) in [6.07, 6.45) is 2.89.